The average Bonchev–Trinajstić information content (AvgIpc) is 3.06. The molecular weight excluding hydrogens is 401 g/mol. The van der Waals surface area contributed by atoms with Crippen molar-refractivity contribution in [3.8, 4) is 0 Å². The van der Waals surface area contributed by atoms with Crippen LogP contribution in [-0.4, -0.2) is 47.5 Å². The fourth-order valence-electron chi connectivity index (χ4n) is 3.04. The van der Waals surface area contributed by atoms with Gasteiger partial charge in [0.25, 0.3) is 0 Å². The van der Waals surface area contributed by atoms with Crippen LogP contribution in [0.4, 0.5) is 0 Å². The highest BCUT2D eigenvalue weighted by atomic mass is 127. The standard InChI is InChI=1S/C17H25N5.HI/c1-17(2)9-11-22(12-17)16(18-3)19-10-8-15-20-13-6-4-5-7-14(13)21-15;/h4-7H,8-12H2,1-3H3,(H,18,19)(H,20,21);1H. The third kappa shape index (κ3) is 4.37. The third-order valence-electron chi connectivity index (χ3n) is 4.27. The average molecular weight is 427 g/mol. The van der Waals surface area contributed by atoms with Crippen LogP contribution < -0.4 is 5.32 Å². The minimum atomic E-state index is 0. The van der Waals surface area contributed by atoms with Crippen molar-refractivity contribution >= 4 is 41.0 Å². The maximum Gasteiger partial charge on any atom is 0.193 e. The maximum atomic E-state index is 4.61. The van der Waals surface area contributed by atoms with Crippen molar-refractivity contribution in [2.45, 2.75) is 26.7 Å². The number of aliphatic imine (C=N–C) groups is 1. The van der Waals surface area contributed by atoms with Crippen LogP contribution in [0.1, 0.15) is 26.1 Å². The van der Waals surface area contributed by atoms with E-state index in [9.17, 15) is 0 Å². The fraction of sp³-hybridized carbons (Fsp3) is 0.529. The lowest BCUT2D eigenvalue weighted by Gasteiger charge is -2.23. The van der Waals surface area contributed by atoms with Crippen molar-refractivity contribution in [1.82, 2.24) is 20.2 Å². The molecule has 126 valence electrons. The Bertz CT molecular complexity index is 643. The Kier molecular flexibility index (Phi) is 5.89. The maximum absolute atomic E-state index is 4.61. The molecule has 0 unspecified atom stereocenters. The SMILES string of the molecule is CN=C(NCCc1nc2ccccc2[nH]1)N1CCC(C)(C)C1.I. The molecule has 2 N–H and O–H groups in total. The zero-order valence-corrected chi connectivity index (χ0v) is 16.4. The zero-order valence-electron chi connectivity index (χ0n) is 14.1. The molecule has 1 aromatic heterocycles. The molecule has 0 bridgehead atoms. The highest BCUT2D eigenvalue weighted by molar-refractivity contribution is 14.0. The molecule has 1 aromatic carbocycles. The molecule has 5 nitrogen and oxygen atoms in total. The lowest BCUT2D eigenvalue weighted by Crippen LogP contribution is -2.41. The number of para-hydroxylation sites is 2. The summed E-state index contributed by atoms with van der Waals surface area (Å²) in [5, 5.41) is 3.46. The van der Waals surface area contributed by atoms with Crippen molar-refractivity contribution in [3.63, 3.8) is 0 Å². The summed E-state index contributed by atoms with van der Waals surface area (Å²) in [4.78, 5) is 14.7. The third-order valence-corrected chi connectivity index (χ3v) is 4.27. The normalized spacial score (nSPS) is 17.3. The van der Waals surface area contributed by atoms with Gasteiger partial charge in [-0.1, -0.05) is 26.0 Å². The van der Waals surface area contributed by atoms with Gasteiger partial charge in [-0.3, -0.25) is 4.99 Å². The number of fused-ring (bicyclic) bond motifs is 1. The van der Waals surface area contributed by atoms with E-state index in [4.69, 9.17) is 0 Å². The number of nitrogens with one attached hydrogen (secondary N) is 2. The van der Waals surface area contributed by atoms with E-state index in [0.29, 0.717) is 5.41 Å². The summed E-state index contributed by atoms with van der Waals surface area (Å²) in [5.41, 5.74) is 2.52. The lowest BCUT2D eigenvalue weighted by atomic mass is 9.93. The minimum absolute atomic E-state index is 0. The summed E-state index contributed by atoms with van der Waals surface area (Å²) in [7, 11) is 1.86. The van der Waals surface area contributed by atoms with E-state index in [1.165, 1.54) is 6.42 Å². The highest BCUT2D eigenvalue weighted by Gasteiger charge is 2.30. The summed E-state index contributed by atoms with van der Waals surface area (Å²) in [5.74, 6) is 2.02. The number of hydrogen-bond acceptors (Lipinski definition) is 2. The number of H-pyrrole nitrogens is 1. The number of aromatic amines is 1. The van der Waals surface area contributed by atoms with Gasteiger partial charge in [-0.25, -0.2) is 4.98 Å². The monoisotopic (exact) mass is 427 g/mol. The predicted octanol–water partition coefficient (Wildman–Crippen LogP) is 3.03. The number of guanidine groups is 1. The smallest absolute Gasteiger partial charge is 0.193 e. The fourth-order valence-corrected chi connectivity index (χ4v) is 3.04. The Morgan fingerprint density at radius 2 is 2.17 bits per heavy atom. The van der Waals surface area contributed by atoms with Crippen LogP contribution in [-0.2, 0) is 6.42 Å². The number of likely N-dealkylation sites (tertiary alicyclic amines) is 1. The van der Waals surface area contributed by atoms with Crippen LogP contribution in [0.25, 0.3) is 11.0 Å². The Labute approximate surface area is 155 Å². The zero-order chi connectivity index (χ0) is 15.6. The molecule has 0 saturated carbocycles. The summed E-state index contributed by atoms with van der Waals surface area (Å²) in [6.45, 7) is 7.61. The Hall–Kier alpha value is -1.31. The number of nitrogens with zero attached hydrogens (tertiary/aromatic N) is 3. The molecule has 1 saturated heterocycles. The number of rotatable bonds is 3. The van der Waals surface area contributed by atoms with Gasteiger partial charge in [0.05, 0.1) is 11.0 Å². The summed E-state index contributed by atoms with van der Waals surface area (Å²) in [6, 6.07) is 8.14. The topological polar surface area (TPSA) is 56.3 Å². The van der Waals surface area contributed by atoms with Gasteiger partial charge >= 0.3 is 0 Å². The summed E-state index contributed by atoms with van der Waals surface area (Å²) < 4.78 is 0. The van der Waals surface area contributed by atoms with E-state index in [1.54, 1.807) is 0 Å². The first-order chi connectivity index (χ1) is 10.6. The van der Waals surface area contributed by atoms with E-state index in [2.05, 4.69) is 45.1 Å². The molecule has 1 aliphatic rings. The molecule has 3 rings (SSSR count). The molecule has 1 aliphatic heterocycles. The summed E-state index contributed by atoms with van der Waals surface area (Å²) in [6.07, 6.45) is 2.09. The molecule has 2 heterocycles. The van der Waals surface area contributed by atoms with E-state index in [0.717, 1.165) is 48.9 Å². The molecule has 0 spiro atoms. The van der Waals surface area contributed by atoms with Gasteiger partial charge in [0.1, 0.15) is 5.82 Å². The van der Waals surface area contributed by atoms with Crippen molar-refractivity contribution in [2.75, 3.05) is 26.7 Å². The lowest BCUT2D eigenvalue weighted by molar-refractivity contribution is 0.370. The first kappa shape index (κ1) is 18.0. The molecule has 1 fully saturated rings. The van der Waals surface area contributed by atoms with Crippen molar-refractivity contribution in [2.24, 2.45) is 10.4 Å². The molecule has 6 heteroatoms. The molecule has 0 radical (unpaired) electrons. The van der Waals surface area contributed by atoms with Gasteiger partial charge in [0.15, 0.2) is 5.96 Å². The molecular formula is C17H26IN5. The molecule has 2 aromatic rings. The van der Waals surface area contributed by atoms with Gasteiger partial charge in [-0.05, 0) is 24.0 Å². The van der Waals surface area contributed by atoms with E-state index in [-0.39, 0.29) is 24.0 Å². The van der Waals surface area contributed by atoms with Crippen molar-refractivity contribution < 1.29 is 0 Å². The number of hydrogen-bond donors (Lipinski definition) is 2. The van der Waals surface area contributed by atoms with Gasteiger partial charge in [-0.15, -0.1) is 24.0 Å². The Morgan fingerprint density at radius 1 is 1.39 bits per heavy atom. The molecule has 0 atom stereocenters. The number of halogens is 1. The second-order valence-electron chi connectivity index (χ2n) is 6.76. The van der Waals surface area contributed by atoms with Gasteiger partial charge in [-0.2, -0.15) is 0 Å². The molecule has 0 aliphatic carbocycles. The van der Waals surface area contributed by atoms with Crippen molar-refractivity contribution in [1.29, 1.82) is 0 Å². The van der Waals surface area contributed by atoms with Crippen LogP contribution >= 0.6 is 24.0 Å². The molecule has 0 amide bonds. The number of benzene rings is 1. The largest absolute Gasteiger partial charge is 0.356 e. The van der Waals surface area contributed by atoms with Gasteiger partial charge in [0, 0.05) is 33.1 Å². The first-order valence-electron chi connectivity index (χ1n) is 7.97. The predicted molar refractivity (Wildman–Crippen MR) is 107 cm³/mol. The van der Waals surface area contributed by atoms with Crippen LogP contribution in [0.2, 0.25) is 0 Å². The Morgan fingerprint density at radius 3 is 2.83 bits per heavy atom. The summed E-state index contributed by atoms with van der Waals surface area (Å²) >= 11 is 0. The second-order valence-corrected chi connectivity index (χ2v) is 6.76. The molecule has 23 heavy (non-hydrogen) atoms. The van der Waals surface area contributed by atoms with Crippen LogP contribution in [0.15, 0.2) is 29.3 Å². The Balaban J connectivity index is 0.00000192. The van der Waals surface area contributed by atoms with Crippen LogP contribution in [0.5, 0.6) is 0 Å². The highest BCUT2D eigenvalue weighted by Crippen LogP contribution is 2.28. The second kappa shape index (κ2) is 7.51. The quantitative estimate of drug-likeness (QED) is 0.450. The van der Waals surface area contributed by atoms with Crippen LogP contribution in [0.3, 0.4) is 0 Å². The van der Waals surface area contributed by atoms with Gasteiger partial charge in [0.2, 0.25) is 0 Å². The van der Waals surface area contributed by atoms with Gasteiger partial charge < -0.3 is 15.2 Å². The number of aromatic nitrogens is 2. The van der Waals surface area contributed by atoms with Crippen LogP contribution in [0, 0.1) is 5.41 Å². The van der Waals surface area contributed by atoms with E-state index >= 15 is 0 Å². The van der Waals surface area contributed by atoms with E-state index in [1.807, 2.05) is 25.2 Å². The van der Waals surface area contributed by atoms with E-state index < -0.39 is 0 Å². The van der Waals surface area contributed by atoms with Crippen molar-refractivity contribution in [3.05, 3.63) is 30.1 Å². The first-order valence-corrected chi connectivity index (χ1v) is 7.97. The minimum Gasteiger partial charge on any atom is -0.356 e. The number of imidazole rings is 1.